The molecule has 0 aliphatic carbocycles. The molecule has 1 aliphatic heterocycles. The van der Waals surface area contributed by atoms with Gasteiger partial charge in [0.2, 0.25) is 0 Å². The Morgan fingerprint density at radius 1 is 1.24 bits per heavy atom. The molecule has 0 aromatic heterocycles. The molecule has 5 nitrogen and oxygen atoms in total. The van der Waals surface area contributed by atoms with Gasteiger partial charge in [0.1, 0.15) is 26.2 Å². The molecule has 0 amide bonds. The number of halogens is 2. The zero-order valence-corrected chi connectivity index (χ0v) is 18.2. The second kappa shape index (κ2) is 10.6. The number of hydrogen-bond acceptors (Lipinski definition) is 3. The molecule has 0 bridgehead atoms. The number of carbonyl (C=O) groups excluding carboxylic acids is 1. The summed E-state index contributed by atoms with van der Waals surface area (Å²) in [5.41, 5.74) is 0. The van der Waals surface area contributed by atoms with Crippen LogP contribution in [0.5, 0.6) is 0 Å². The lowest BCUT2D eigenvalue weighted by molar-refractivity contribution is -0.937. The molecule has 0 aromatic carbocycles. The van der Waals surface area contributed by atoms with Crippen LogP contribution in [0.4, 0.5) is 0 Å². The summed E-state index contributed by atoms with van der Waals surface area (Å²) in [5.74, 6) is -0.0770. The van der Waals surface area contributed by atoms with Crippen LogP contribution < -0.4 is 48.0 Å². The van der Waals surface area contributed by atoms with Crippen molar-refractivity contribution in [2.45, 2.75) is 19.4 Å². The third-order valence-electron chi connectivity index (χ3n) is 4.04. The molecule has 1 saturated heterocycles. The molecular weight excluding hydrogens is 498 g/mol. The van der Waals surface area contributed by atoms with Crippen molar-refractivity contribution in [3.05, 3.63) is 0 Å². The summed E-state index contributed by atoms with van der Waals surface area (Å²) < 4.78 is 12.4. The van der Waals surface area contributed by atoms with Gasteiger partial charge in [0, 0.05) is 0 Å². The van der Waals surface area contributed by atoms with E-state index in [0.29, 0.717) is 19.1 Å². The van der Waals surface area contributed by atoms with Crippen molar-refractivity contribution in [2.75, 3.05) is 67.6 Å². The van der Waals surface area contributed by atoms with Crippen LogP contribution in [0.15, 0.2) is 0 Å². The van der Waals surface area contributed by atoms with Crippen LogP contribution in [0.2, 0.25) is 0 Å². The molecular formula is C14H30I2N2O3. The van der Waals surface area contributed by atoms with Crippen LogP contribution >= 0.6 is 0 Å². The molecule has 1 fully saturated rings. The van der Waals surface area contributed by atoms with Crippen LogP contribution in [0.25, 0.3) is 0 Å². The number of quaternary nitrogens is 2. The third kappa shape index (κ3) is 9.52. The fourth-order valence-corrected chi connectivity index (χ4v) is 2.15. The zero-order valence-electron chi connectivity index (χ0n) is 13.9. The van der Waals surface area contributed by atoms with Gasteiger partial charge in [-0.1, -0.05) is 0 Å². The highest BCUT2D eigenvalue weighted by Gasteiger charge is 2.33. The van der Waals surface area contributed by atoms with Gasteiger partial charge in [0.15, 0.2) is 0 Å². The number of ether oxygens (including phenoxy) is 2. The van der Waals surface area contributed by atoms with E-state index >= 15 is 0 Å². The number of nitrogens with zero attached hydrogens (tertiary/aromatic N) is 2. The van der Waals surface area contributed by atoms with Crippen LogP contribution in [0, 0.1) is 0 Å². The zero-order chi connectivity index (χ0) is 14.5. The maximum atomic E-state index is 11.9. The predicted molar refractivity (Wildman–Crippen MR) is 74.7 cm³/mol. The van der Waals surface area contributed by atoms with Gasteiger partial charge in [-0.3, -0.25) is 4.79 Å². The molecule has 21 heavy (non-hydrogen) atoms. The summed E-state index contributed by atoms with van der Waals surface area (Å²) in [5, 5.41) is 0. The number of esters is 1. The van der Waals surface area contributed by atoms with E-state index in [2.05, 4.69) is 35.1 Å². The summed E-state index contributed by atoms with van der Waals surface area (Å²) in [6.07, 6.45) is 0.494. The summed E-state index contributed by atoms with van der Waals surface area (Å²) in [6, 6.07) is 0.292. The number of hydrogen-bond donors (Lipinski definition) is 0. The Bertz CT molecular complexity index is 303. The van der Waals surface area contributed by atoms with Crippen molar-refractivity contribution in [3.8, 4) is 0 Å². The first-order valence-corrected chi connectivity index (χ1v) is 7.11. The number of morpholine rings is 1. The van der Waals surface area contributed by atoms with Crippen LogP contribution in [0.1, 0.15) is 13.3 Å². The van der Waals surface area contributed by atoms with E-state index in [1.165, 1.54) is 0 Å². The van der Waals surface area contributed by atoms with Gasteiger partial charge in [-0.05, 0) is 6.92 Å². The van der Waals surface area contributed by atoms with Crippen molar-refractivity contribution in [1.29, 1.82) is 0 Å². The van der Waals surface area contributed by atoms with Crippen molar-refractivity contribution in [1.82, 2.24) is 0 Å². The van der Waals surface area contributed by atoms with Gasteiger partial charge in [0.05, 0.1) is 53.9 Å². The van der Waals surface area contributed by atoms with Gasteiger partial charge >= 0.3 is 5.97 Å². The van der Waals surface area contributed by atoms with E-state index in [1.807, 2.05) is 0 Å². The first kappa shape index (κ1) is 24.1. The van der Waals surface area contributed by atoms with Crippen LogP contribution in [-0.4, -0.2) is 88.6 Å². The van der Waals surface area contributed by atoms with E-state index in [1.54, 1.807) is 0 Å². The minimum atomic E-state index is -0.0770. The van der Waals surface area contributed by atoms with Gasteiger partial charge in [-0.2, -0.15) is 0 Å². The molecule has 1 heterocycles. The average Bonchev–Trinajstić information content (AvgIpc) is 2.28. The van der Waals surface area contributed by atoms with Crippen LogP contribution in [-0.2, 0) is 14.3 Å². The normalized spacial score (nSPS) is 18.9. The summed E-state index contributed by atoms with van der Waals surface area (Å²) in [7, 11) is 8.48. The standard InChI is InChI=1S/C14H30N2O3.2HI/c1-13(16(5)7-9-18-10-8-16)12-14(17)19-11-6-15(2,3)4;;/h13H,6-12H2,1-5H3;2*1H/q+2;;/p-2. The van der Waals surface area contributed by atoms with E-state index in [9.17, 15) is 4.79 Å². The highest BCUT2D eigenvalue weighted by molar-refractivity contribution is 5.69. The topological polar surface area (TPSA) is 35.5 Å². The molecule has 1 rings (SSSR count). The number of carbonyl (C=O) groups is 1. The summed E-state index contributed by atoms with van der Waals surface area (Å²) >= 11 is 0. The molecule has 0 saturated carbocycles. The molecule has 128 valence electrons. The van der Waals surface area contributed by atoms with Crippen molar-refractivity contribution in [3.63, 3.8) is 0 Å². The Hall–Kier alpha value is 0.810. The fourth-order valence-electron chi connectivity index (χ4n) is 2.15. The summed E-state index contributed by atoms with van der Waals surface area (Å²) in [4.78, 5) is 11.9. The van der Waals surface area contributed by atoms with Gasteiger partial charge in [-0.25, -0.2) is 0 Å². The Morgan fingerprint density at radius 3 is 2.24 bits per heavy atom. The van der Waals surface area contributed by atoms with Crippen LogP contribution in [0.3, 0.4) is 0 Å². The molecule has 0 N–H and O–H groups in total. The first-order chi connectivity index (χ1) is 8.73. The van der Waals surface area contributed by atoms with Crippen molar-refractivity contribution < 1.29 is 71.2 Å². The monoisotopic (exact) mass is 528 g/mol. The van der Waals surface area contributed by atoms with E-state index < -0.39 is 0 Å². The largest absolute Gasteiger partial charge is 1.00 e. The molecule has 0 radical (unpaired) electrons. The maximum Gasteiger partial charge on any atom is 0.312 e. The molecule has 0 aromatic rings. The maximum absolute atomic E-state index is 11.9. The lowest BCUT2D eigenvalue weighted by Gasteiger charge is -2.42. The average molecular weight is 528 g/mol. The highest BCUT2D eigenvalue weighted by Crippen LogP contribution is 2.16. The Morgan fingerprint density at radius 2 is 1.76 bits per heavy atom. The van der Waals surface area contributed by atoms with E-state index in [-0.39, 0.29) is 53.9 Å². The third-order valence-corrected chi connectivity index (χ3v) is 4.04. The molecule has 7 heteroatoms. The van der Waals surface area contributed by atoms with Crippen molar-refractivity contribution in [2.24, 2.45) is 0 Å². The minimum Gasteiger partial charge on any atom is -1.00 e. The summed E-state index contributed by atoms with van der Waals surface area (Å²) in [6.45, 7) is 7.02. The van der Waals surface area contributed by atoms with E-state index in [4.69, 9.17) is 9.47 Å². The lowest BCUT2D eigenvalue weighted by atomic mass is 10.1. The molecule has 1 atom stereocenters. The van der Waals surface area contributed by atoms with Gasteiger partial charge in [-0.15, -0.1) is 0 Å². The molecule has 1 unspecified atom stereocenters. The smallest absolute Gasteiger partial charge is 0.312 e. The molecule has 0 spiro atoms. The number of rotatable bonds is 6. The van der Waals surface area contributed by atoms with Crippen molar-refractivity contribution >= 4 is 5.97 Å². The highest BCUT2D eigenvalue weighted by atomic mass is 127. The minimum absolute atomic E-state index is 0. The SMILES string of the molecule is CC(CC(=O)OCC[N+](C)(C)C)[N+]1(C)CCOCC1.[I-].[I-]. The second-order valence-electron chi connectivity index (χ2n) is 6.83. The Labute approximate surface area is 163 Å². The second-order valence-corrected chi connectivity index (χ2v) is 6.83. The van der Waals surface area contributed by atoms with Gasteiger partial charge in [0.25, 0.3) is 0 Å². The Balaban J connectivity index is 0. The predicted octanol–water partition coefficient (Wildman–Crippen LogP) is -5.50. The first-order valence-electron chi connectivity index (χ1n) is 7.11. The lowest BCUT2D eigenvalue weighted by Crippen LogP contribution is -3.00. The Kier molecular flexibility index (Phi) is 12.1. The van der Waals surface area contributed by atoms with E-state index in [0.717, 1.165) is 41.8 Å². The quantitative estimate of drug-likeness (QED) is 0.196. The number of likely N-dealkylation sites (N-methyl/N-ethyl adjacent to an activating group) is 2. The fraction of sp³-hybridized carbons (Fsp3) is 0.929. The molecule has 1 aliphatic rings. The van der Waals surface area contributed by atoms with Gasteiger partial charge < -0.3 is 66.4 Å².